The Hall–Kier alpha value is -3.41. The lowest BCUT2D eigenvalue weighted by Crippen LogP contribution is -2.33. The number of carboxylic acid groups (broad SMARTS) is 1. The summed E-state index contributed by atoms with van der Waals surface area (Å²) in [4.78, 5) is 25.3. The summed E-state index contributed by atoms with van der Waals surface area (Å²) in [6, 6.07) is 17.6. The number of carboxylic acids is 1. The molecule has 8 heteroatoms. The minimum absolute atomic E-state index is 0.239. The van der Waals surface area contributed by atoms with Crippen LogP contribution in [0, 0.1) is 18.3 Å². The summed E-state index contributed by atoms with van der Waals surface area (Å²) in [5.41, 5.74) is 4.34. The van der Waals surface area contributed by atoms with E-state index in [0.29, 0.717) is 17.0 Å². The van der Waals surface area contributed by atoms with E-state index in [-0.39, 0.29) is 4.32 Å². The van der Waals surface area contributed by atoms with Crippen molar-refractivity contribution in [2.45, 2.75) is 13.5 Å². The number of hydrogen-bond acceptors (Lipinski definition) is 5. The number of thioether (sulfide) groups is 1. The van der Waals surface area contributed by atoms with Gasteiger partial charge in [-0.2, -0.15) is 5.26 Å². The highest BCUT2D eigenvalue weighted by atomic mass is 32.2. The van der Waals surface area contributed by atoms with Crippen LogP contribution >= 0.6 is 24.0 Å². The first kappa shape index (κ1) is 20.8. The highest BCUT2D eigenvalue weighted by Crippen LogP contribution is 2.36. The second-order valence-electron chi connectivity index (χ2n) is 7.03. The van der Waals surface area contributed by atoms with E-state index in [0.717, 1.165) is 44.4 Å². The molecule has 6 nitrogen and oxygen atoms in total. The molecule has 0 radical (unpaired) electrons. The van der Waals surface area contributed by atoms with Gasteiger partial charge < -0.3 is 9.67 Å². The Bertz CT molecular complexity index is 1320. The van der Waals surface area contributed by atoms with Gasteiger partial charge in [0, 0.05) is 28.7 Å². The van der Waals surface area contributed by atoms with Gasteiger partial charge in [0.05, 0.1) is 16.5 Å². The molecule has 1 aliphatic heterocycles. The molecule has 2 heterocycles. The van der Waals surface area contributed by atoms with E-state index in [9.17, 15) is 14.9 Å². The molecule has 2 aromatic carbocycles. The zero-order valence-electron chi connectivity index (χ0n) is 16.5. The summed E-state index contributed by atoms with van der Waals surface area (Å²) in [7, 11) is 0. The number of benzene rings is 2. The molecule has 0 bridgehead atoms. The van der Waals surface area contributed by atoms with Crippen LogP contribution < -0.4 is 0 Å². The largest absolute Gasteiger partial charge is 0.480 e. The maximum Gasteiger partial charge on any atom is 0.323 e. The van der Waals surface area contributed by atoms with E-state index in [4.69, 9.17) is 17.3 Å². The topological polar surface area (TPSA) is 86.3 Å². The second kappa shape index (κ2) is 8.38. The van der Waals surface area contributed by atoms with E-state index >= 15 is 0 Å². The first-order valence-electron chi connectivity index (χ1n) is 9.43. The summed E-state index contributed by atoms with van der Waals surface area (Å²) < 4.78 is 2.36. The molecule has 1 amide bonds. The third kappa shape index (κ3) is 3.85. The molecule has 1 saturated heterocycles. The molecule has 154 valence electrons. The van der Waals surface area contributed by atoms with Crippen LogP contribution in [-0.4, -0.2) is 37.3 Å². The van der Waals surface area contributed by atoms with Gasteiger partial charge in [0.25, 0.3) is 5.91 Å². The molecule has 0 spiro atoms. The zero-order valence-corrected chi connectivity index (χ0v) is 18.2. The molecule has 0 saturated carbocycles. The monoisotopic (exact) mass is 447 g/mol. The van der Waals surface area contributed by atoms with Crippen LogP contribution in [0.3, 0.4) is 0 Å². The van der Waals surface area contributed by atoms with Crippen molar-refractivity contribution in [3.05, 3.63) is 75.8 Å². The quantitative estimate of drug-likeness (QED) is 0.467. The molecule has 1 aromatic heterocycles. The van der Waals surface area contributed by atoms with Crippen LogP contribution in [0.5, 0.6) is 0 Å². The molecule has 0 unspecified atom stereocenters. The summed E-state index contributed by atoms with van der Waals surface area (Å²) in [6.45, 7) is 2.04. The van der Waals surface area contributed by atoms with E-state index in [1.165, 1.54) is 0 Å². The normalized spacial score (nSPS) is 15.1. The maximum atomic E-state index is 12.7. The van der Waals surface area contributed by atoms with Crippen LogP contribution in [0.25, 0.3) is 17.0 Å². The number of fused-ring (bicyclic) bond motifs is 1. The summed E-state index contributed by atoms with van der Waals surface area (Å²) in [5.74, 6) is -1.51. The molecule has 1 N–H and O–H groups in total. The molecular weight excluding hydrogens is 430 g/mol. The van der Waals surface area contributed by atoms with E-state index in [2.05, 4.69) is 10.6 Å². The smallest absolute Gasteiger partial charge is 0.323 e. The Morgan fingerprint density at radius 3 is 2.68 bits per heavy atom. The lowest BCUT2D eigenvalue weighted by Gasteiger charge is -2.10. The standard InChI is InChI=1S/C23H17N3O3S2/c1-14-18(10-20-22(29)26(13-21(27)28)23(30)31-20)17-8-4-5-9-19(17)25(14)12-16-7-3-2-6-15(16)11-24/h2-10H,12-13H2,1H3,(H,27,28)/b20-10+. The molecule has 31 heavy (non-hydrogen) atoms. The van der Waals surface area contributed by atoms with Crippen LogP contribution in [-0.2, 0) is 16.1 Å². The van der Waals surface area contributed by atoms with Crippen LogP contribution in [0.4, 0.5) is 0 Å². The van der Waals surface area contributed by atoms with Gasteiger partial charge in [-0.3, -0.25) is 14.5 Å². The van der Waals surface area contributed by atoms with Gasteiger partial charge in [-0.25, -0.2) is 0 Å². The fraction of sp³-hybridized carbons (Fsp3) is 0.130. The Morgan fingerprint density at radius 2 is 1.94 bits per heavy atom. The van der Waals surface area contributed by atoms with Gasteiger partial charge in [0.1, 0.15) is 10.9 Å². The lowest BCUT2D eigenvalue weighted by atomic mass is 10.1. The van der Waals surface area contributed by atoms with Crippen LogP contribution in [0.2, 0.25) is 0 Å². The number of aromatic nitrogens is 1. The van der Waals surface area contributed by atoms with Crippen molar-refractivity contribution in [3.63, 3.8) is 0 Å². The molecular formula is C23H17N3O3S2. The lowest BCUT2D eigenvalue weighted by molar-refractivity contribution is -0.140. The van der Waals surface area contributed by atoms with Crippen LogP contribution in [0.15, 0.2) is 53.4 Å². The van der Waals surface area contributed by atoms with Crippen molar-refractivity contribution in [2.24, 2.45) is 0 Å². The molecule has 4 rings (SSSR count). The van der Waals surface area contributed by atoms with Crippen molar-refractivity contribution < 1.29 is 14.7 Å². The third-order valence-electron chi connectivity index (χ3n) is 5.19. The van der Waals surface area contributed by atoms with Crippen molar-refractivity contribution in [3.8, 4) is 6.07 Å². The van der Waals surface area contributed by atoms with Crippen molar-refractivity contribution in [1.29, 1.82) is 5.26 Å². The second-order valence-corrected chi connectivity index (χ2v) is 8.71. The molecule has 0 aliphatic carbocycles. The summed E-state index contributed by atoms with van der Waals surface area (Å²) in [5, 5.41) is 19.5. The molecule has 1 fully saturated rings. The predicted octanol–water partition coefficient (Wildman–Crippen LogP) is 4.16. The zero-order chi connectivity index (χ0) is 22.1. The Morgan fingerprint density at radius 1 is 1.23 bits per heavy atom. The van der Waals surface area contributed by atoms with Gasteiger partial charge in [-0.1, -0.05) is 60.4 Å². The summed E-state index contributed by atoms with van der Waals surface area (Å²) >= 11 is 6.31. The van der Waals surface area contributed by atoms with Crippen molar-refractivity contribution >= 4 is 57.2 Å². The average Bonchev–Trinajstić information content (AvgIpc) is 3.17. The number of aliphatic carboxylic acids is 1. The van der Waals surface area contributed by atoms with Gasteiger partial charge >= 0.3 is 5.97 Å². The highest BCUT2D eigenvalue weighted by molar-refractivity contribution is 8.26. The fourth-order valence-electron chi connectivity index (χ4n) is 3.68. The average molecular weight is 448 g/mol. The number of rotatable bonds is 5. The van der Waals surface area contributed by atoms with E-state index < -0.39 is 18.4 Å². The van der Waals surface area contributed by atoms with Gasteiger partial charge in [0.2, 0.25) is 0 Å². The third-order valence-corrected chi connectivity index (χ3v) is 6.57. The highest BCUT2D eigenvalue weighted by Gasteiger charge is 2.33. The number of carbonyl (C=O) groups is 2. The van der Waals surface area contributed by atoms with Gasteiger partial charge in [-0.05, 0) is 30.7 Å². The first-order chi connectivity index (χ1) is 14.9. The molecule has 1 aliphatic rings. The minimum Gasteiger partial charge on any atom is -0.480 e. The fourth-order valence-corrected chi connectivity index (χ4v) is 4.92. The Kier molecular flexibility index (Phi) is 5.63. The number of nitrogens with zero attached hydrogens (tertiary/aromatic N) is 3. The van der Waals surface area contributed by atoms with Gasteiger partial charge in [0.15, 0.2) is 0 Å². The number of carbonyl (C=O) groups excluding carboxylic acids is 1. The Balaban J connectivity index is 1.80. The number of para-hydroxylation sites is 1. The maximum absolute atomic E-state index is 12.7. The minimum atomic E-state index is -1.11. The number of hydrogen-bond donors (Lipinski definition) is 1. The number of amides is 1. The Labute approximate surface area is 188 Å². The van der Waals surface area contributed by atoms with Crippen LogP contribution in [0.1, 0.15) is 22.4 Å². The van der Waals surface area contributed by atoms with E-state index in [1.807, 2.05) is 49.4 Å². The van der Waals surface area contributed by atoms with Gasteiger partial charge in [-0.15, -0.1) is 0 Å². The SMILES string of the molecule is Cc1c(/C=C2/SC(=S)N(CC(=O)O)C2=O)c2ccccc2n1Cc1ccccc1C#N. The van der Waals surface area contributed by atoms with Crippen molar-refractivity contribution in [1.82, 2.24) is 9.47 Å². The number of thiocarbonyl (C=S) groups is 1. The van der Waals surface area contributed by atoms with E-state index in [1.54, 1.807) is 12.1 Å². The first-order valence-corrected chi connectivity index (χ1v) is 10.7. The van der Waals surface area contributed by atoms with Crippen molar-refractivity contribution in [2.75, 3.05) is 6.54 Å². The predicted molar refractivity (Wildman–Crippen MR) is 124 cm³/mol. The summed E-state index contributed by atoms with van der Waals surface area (Å²) in [6.07, 6.45) is 1.78. The number of nitriles is 1. The molecule has 0 atom stereocenters. The molecule has 3 aromatic rings.